The Bertz CT molecular complexity index is 514. The minimum Gasteiger partial charge on any atom is -0.343 e. The normalized spacial score (nSPS) is 31.6. The fourth-order valence-electron chi connectivity index (χ4n) is 4.81. The predicted octanol–water partition coefficient (Wildman–Crippen LogP) is 4.74. The van der Waals surface area contributed by atoms with Crippen LogP contribution >= 0.6 is 12.4 Å². The molecule has 1 aromatic carbocycles. The molecule has 0 radical (unpaired) electrons. The van der Waals surface area contributed by atoms with Crippen LogP contribution in [0.3, 0.4) is 0 Å². The van der Waals surface area contributed by atoms with Crippen LogP contribution in [0, 0.1) is 5.92 Å². The number of nitrogens with zero attached hydrogens (tertiary/aromatic N) is 1. The molecule has 0 bridgehead atoms. The van der Waals surface area contributed by atoms with E-state index in [4.69, 9.17) is 9.47 Å². The highest BCUT2D eigenvalue weighted by molar-refractivity contribution is 5.85. The number of benzene rings is 1. The molecule has 0 aromatic heterocycles. The van der Waals surface area contributed by atoms with E-state index in [1.165, 1.54) is 70.0 Å². The van der Waals surface area contributed by atoms with E-state index in [1.54, 1.807) is 0 Å². The number of likely N-dealkylation sites (tertiary alicyclic amines) is 1. The number of hydrogen-bond donors (Lipinski definition) is 0. The van der Waals surface area contributed by atoms with Crippen LogP contribution < -0.4 is 0 Å². The predicted molar refractivity (Wildman–Crippen MR) is 103 cm³/mol. The highest BCUT2D eigenvalue weighted by atomic mass is 35.5. The first-order valence-corrected chi connectivity index (χ1v) is 9.96. The van der Waals surface area contributed by atoms with Gasteiger partial charge in [-0.2, -0.15) is 0 Å². The van der Waals surface area contributed by atoms with Crippen molar-refractivity contribution in [1.29, 1.82) is 0 Å². The average Bonchev–Trinajstić information content (AvgIpc) is 3.09. The van der Waals surface area contributed by atoms with Crippen LogP contribution in [0.4, 0.5) is 0 Å². The zero-order chi connectivity index (χ0) is 16.2. The van der Waals surface area contributed by atoms with Crippen molar-refractivity contribution in [3.63, 3.8) is 0 Å². The largest absolute Gasteiger partial charge is 0.343 e. The first-order chi connectivity index (χ1) is 11.9. The molecule has 2 unspecified atom stereocenters. The summed E-state index contributed by atoms with van der Waals surface area (Å²) in [6.07, 6.45) is 10.7. The third-order valence-electron chi connectivity index (χ3n) is 6.05. The fourth-order valence-corrected chi connectivity index (χ4v) is 4.81. The zero-order valence-corrected chi connectivity index (χ0v) is 16.0. The van der Waals surface area contributed by atoms with Crippen molar-refractivity contribution in [1.82, 2.24) is 4.90 Å². The molecule has 3 fully saturated rings. The molecule has 2 saturated heterocycles. The maximum absolute atomic E-state index is 6.71. The van der Waals surface area contributed by atoms with Gasteiger partial charge >= 0.3 is 0 Å². The summed E-state index contributed by atoms with van der Waals surface area (Å²) in [6, 6.07) is 10.7. The van der Waals surface area contributed by atoms with Crippen molar-refractivity contribution < 1.29 is 9.47 Å². The van der Waals surface area contributed by atoms with Gasteiger partial charge in [0.25, 0.3) is 0 Å². The minimum absolute atomic E-state index is 0. The van der Waals surface area contributed by atoms with E-state index in [2.05, 4.69) is 35.2 Å². The highest BCUT2D eigenvalue weighted by Gasteiger charge is 2.49. The third-order valence-corrected chi connectivity index (χ3v) is 6.05. The van der Waals surface area contributed by atoms with E-state index < -0.39 is 5.79 Å². The SMILES string of the molecule is Cl.c1ccc(C2(C3CCCCC3)OCC(CN3CCCCC3)O2)cc1. The van der Waals surface area contributed by atoms with Crippen molar-refractivity contribution >= 4 is 12.4 Å². The number of halogens is 1. The molecular weight excluding hydrogens is 334 g/mol. The Morgan fingerprint density at radius 2 is 1.60 bits per heavy atom. The van der Waals surface area contributed by atoms with E-state index in [0.717, 1.165) is 13.2 Å². The van der Waals surface area contributed by atoms with E-state index in [-0.39, 0.29) is 18.5 Å². The highest BCUT2D eigenvalue weighted by Crippen LogP contribution is 2.46. The van der Waals surface area contributed by atoms with E-state index in [0.29, 0.717) is 5.92 Å². The summed E-state index contributed by atoms with van der Waals surface area (Å²) >= 11 is 0. The molecule has 4 rings (SSSR count). The van der Waals surface area contributed by atoms with Gasteiger partial charge in [0, 0.05) is 18.0 Å². The Morgan fingerprint density at radius 3 is 2.32 bits per heavy atom. The molecule has 2 atom stereocenters. The van der Waals surface area contributed by atoms with Crippen LogP contribution in [-0.2, 0) is 15.3 Å². The smallest absolute Gasteiger partial charge is 0.198 e. The summed E-state index contributed by atoms with van der Waals surface area (Å²) in [5.74, 6) is 0.00212. The molecular formula is C21H32ClNO2. The molecule has 3 aliphatic rings. The third kappa shape index (κ3) is 4.21. The van der Waals surface area contributed by atoms with Gasteiger partial charge in [-0.1, -0.05) is 56.0 Å². The van der Waals surface area contributed by atoms with Gasteiger partial charge in [0.15, 0.2) is 5.79 Å². The van der Waals surface area contributed by atoms with Crippen LogP contribution in [0.2, 0.25) is 0 Å². The van der Waals surface area contributed by atoms with Crippen LogP contribution in [0.5, 0.6) is 0 Å². The number of ether oxygens (including phenoxy) is 2. The molecule has 2 aliphatic heterocycles. The number of piperidine rings is 1. The second kappa shape index (κ2) is 8.85. The molecule has 1 saturated carbocycles. The van der Waals surface area contributed by atoms with E-state index in [9.17, 15) is 0 Å². The fraction of sp³-hybridized carbons (Fsp3) is 0.714. The summed E-state index contributed by atoms with van der Waals surface area (Å²) in [6.45, 7) is 4.21. The molecule has 1 aromatic rings. The lowest BCUT2D eigenvalue weighted by atomic mass is 9.80. The second-order valence-corrected chi connectivity index (χ2v) is 7.78. The van der Waals surface area contributed by atoms with Crippen LogP contribution in [-0.4, -0.2) is 37.2 Å². The minimum atomic E-state index is -0.498. The Kier molecular flexibility index (Phi) is 6.79. The lowest BCUT2D eigenvalue weighted by molar-refractivity contribution is -0.222. The summed E-state index contributed by atoms with van der Waals surface area (Å²) in [5.41, 5.74) is 1.22. The lowest BCUT2D eigenvalue weighted by Gasteiger charge is -2.39. The molecule has 0 spiro atoms. The molecule has 3 nitrogen and oxygen atoms in total. The van der Waals surface area contributed by atoms with Gasteiger partial charge in [0.05, 0.1) is 12.7 Å². The molecule has 0 amide bonds. The van der Waals surface area contributed by atoms with Gasteiger partial charge in [-0.25, -0.2) is 0 Å². The summed E-state index contributed by atoms with van der Waals surface area (Å²) in [4.78, 5) is 2.57. The van der Waals surface area contributed by atoms with Crippen LogP contribution in [0.1, 0.15) is 56.9 Å². The van der Waals surface area contributed by atoms with Crippen LogP contribution in [0.15, 0.2) is 30.3 Å². The Hall–Kier alpha value is -0.610. The lowest BCUT2D eigenvalue weighted by Crippen LogP contribution is -2.41. The van der Waals surface area contributed by atoms with Crippen molar-refractivity contribution in [2.45, 2.75) is 63.3 Å². The first kappa shape index (κ1) is 19.2. The monoisotopic (exact) mass is 365 g/mol. The van der Waals surface area contributed by atoms with Gasteiger partial charge in [-0.3, -0.25) is 0 Å². The van der Waals surface area contributed by atoms with Gasteiger partial charge in [-0.15, -0.1) is 12.4 Å². The summed E-state index contributed by atoms with van der Waals surface area (Å²) in [7, 11) is 0. The quantitative estimate of drug-likeness (QED) is 0.769. The number of hydrogen-bond acceptors (Lipinski definition) is 3. The molecule has 0 N–H and O–H groups in total. The maximum atomic E-state index is 6.71. The Labute approximate surface area is 158 Å². The molecule has 25 heavy (non-hydrogen) atoms. The first-order valence-electron chi connectivity index (χ1n) is 9.96. The van der Waals surface area contributed by atoms with Gasteiger partial charge in [-0.05, 0) is 38.8 Å². The molecule has 2 heterocycles. The number of rotatable bonds is 4. The Balaban J connectivity index is 0.00000182. The molecule has 4 heteroatoms. The molecule has 1 aliphatic carbocycles. The van der Waals surface area contributed by atoms with Gasteiger partial charge < -0.3 is 14.4 Å². The summed E-state index contributed by atoms with van der Waals surface area (Å²) in [5, 5.41) is 0. The van der Waals surface area contributed by atoms with Crippen LogP contribution in [0.25, 0.3) is 0 Å². The Morgan fingerprint density at radius 1 is 0.920 bits per heavy atom. The topological polar surface area (TPSA) is 21.7 Å². The van der Waals surface area contributed by atoms with Gasteiger partial charge in [0.2, 0.25) is 0 Å². The van der Waals surface area contributed by atoms with E-state index >= 15 is 0 Å². The van der Waals surface area contributed by atoms with Crippen molar-refractivity contribution in [2.75, 3.05) is 26.2 Å². The standard InChI is InChI=1S/C21H31NO2.ClH/c1-4-10-18(11-5-1)21(19-12-6-2-7-13-19)23-17-20(24-21)16-22-14-8-3-9-15-22;/h1,4-5,10-11,19-20H,2-3,6-9,12-17H2;1H. The van der Waals surface area contributed by atoms with Crippen molar-refractivity contribution in [3.05, 3.63) is 35.9 Å². The van der Waals surface area contributed by atoms with E-state index in [1.807, 2.05) is 0 Å². The van der Waals surface area contributed by atoms with Crippen molar-refractivity contribution in [3.8, 4) is 0 Å². The zero-order valence-electron chi connectivity index (χ0n) is 15.2. The average molecular weight is 366 g/mol. The second-order valence-electron chi connectivity index (χ2n) is 7.78. The maximum Gasteiger partial charge on any atom is 0.198 e. The van der Waals surface area contributed by atoms with Gasteiger partial charge in [0.1, 0.15) is 0 Å². The molecule has 140 valence electrons. The van der Waals surface area contributed by atoms with Crippen molar-refractivity contribution in [2.24, 2.45) is 5.92 Å². The summed E-state index contributed by atoms with van der Waals surface area (Å²) < 4.78 is 13.2.